The van der Waals surface area contributed by atoms with Crippen molar-refractivity contribution < 1.29 is 4.42 Å². The Morgan fingerprint density at radius 3 is 1.43 bits per heavy atom. The summed E-state index contributed by atoms with van der Waals surface area (Å²) in [6.45, 7) is 0. The molecular formula is C66H44N2O. The van der Waals surface area contributed by atoms with Crippen molar-refractivity contribution in [1.29, 1.82) is 0 Å². The molecule has 0 radical (unpaired) electrons. The average Bonchev–Trinajstić information content (AvgIpc) is 3.98. The maximum atomic E-state index is 6.55. The van der Waals surface area contributed by atoms with Gasteiger partial charge in [-0.15, -0.1) is 0 Å². The quantitative estimate of drug-likeness (QED) is 0.144. The second-order valence-electron chi connectivity index (χ2n) is 17.7. The molecule has 324 valence electrons. The minimum absolute atomic E-state index is 0.892. The predicted molar refractivity (Wildman–Crippen MR) is 290 cm³/mol. The third kappa shape index (κ3) is 7.16. The molecule has 0 N–H and O–H groups in total. The van der Waals surface area contributed by atoms with Gasteiger partial charge in [-0.2, -0.15) is 0 Å². The van der Waals surface area contributed by atoms with Crippen molar-refractivity contribution in [3.8, 4) is 61.3 Å². The molecule has 69 heavy (non-hydrogen) atoms. The summed E-state index contributed by atoms with van der Waals surface area (Å²) < 4.78 is 8.96. The minimum Gasteiger partial charge on any atom is -0.455 e. The molecule has 2 aromatic heterocycles. The van der Waals surface area contributed by atoms with Crippen molar-refractivity contribution in [2.75, 3.05) is 4.90 Å². The molecule has 0 aliphatic carbocycles. The molecule has 2 heterocycles. The molecule has 3 nitrogen and oxygen atoms in total. The van der Waals surface area contributed by atoms with Gasteiger partial charge in [-0.05, 0) is 117 Å². The van der Waals surface area contributed by atoms with E-state index in [9.17, 15) is 0 Å². The first-order chi connectivity index (χ1) is 34.2. The van der Waals surface area contributed by atoms with Gasteiger partial charge in [0.2, 0.25) is 0 Å². The first kappa shape index (κ1) is 40.1. The number of anilines is 3. The van der Waals surface area contributed by atoms with E-state index < -0.39 is 0 Å². The largest absolute Gasteiger partial charge is 0.455 e. The van der Waals surface area contributed by atoms with Crippen LogP contribution >= 0.6 is 0 Å². The summed E-state index contributed by atoms with van der Waals surface area (Å²) in [4.78, 5) is 2.37. The fraction of sp³-hybridized carbons (Fsp3) is 0. The zero-order valence-electron chi connectivity index (χ0n) is 37.7. The minimum atomic E-state index is 0.892. The Balaban J connectivity index is 0.906. The Bertz CT molecular complexity index is 3970. The summed E-state index contributed by atoms with van der Waals surface area (Å²) in [6, 6.07) is 96.1. The van der Waals surface area contributed by atoms with E-state index in [0.29, 0.717) is 0 Å². The molecule has 13 aromatic rings. The molecule has 0 amide bonds. The summed E-state index contributed by atoms with van der Waals surface area (Å²) in [5, 5.41) is 4.75. The van der Waals surface area contributed by atoms with Gasteiger partial charge in [-0.1, -0.05) is 194 Å². The van der Waals surface area contributed by atoms with Crippen LogP contribution in [0.5, 0.6) is 0 Å². The van der Waals surface area contributed by atoms with Crippen molar-refractivity contribution in [2.45, 2.75) is 0 Å². The fourth-order valence-electron chi connectivity index (χ4n) is 10.3. The number of para-hydroxylation sites is 5. The Kier molecular flexibility index (Phi) is 9.84. The Morgan fingerprint density at radius 1 is 0.275 bits per heavy atom. The van der Waals surface area contributed by atoms with Crippen LogP contribution in [0.25, 0.3) is 105 Å². The molecule has 3 heteroatoms. The van der Waals surface area contributed by atoms with Gasteiger partial charge in [0.05, 0.1) is 16.7 Å². The van der Waals surface area contributed by atoms with Crippen LogP contribution in [-0.4, -0.2) is 4.57 Å². The number of furan rings is 1. The van der Waals surface area contributed by atoms with Crippen LogP contribution in [0.1, 0.15) is 0 Å². The Morgan fingerprint density at radius 2 is 0.725 bits per heavy atom. The normalized spacial score (nSPS) is 11.5. The highest BCUT2D eigenvalue weighted by Gasteiger charge is 2.19. The van der Waals surface area contributed by atoms with Crippen LogP contribution in [0.3, 0.4) is 0 Å². The number of fused-ring (bicyclic) bond motifs is 6. The molecule has 0 saturated heterocycles. The van der Waals surface area contributed by atoms with Crippen LogP contribution in [0, 0.1) is 0 Å². The maximum absolute atomic E-state index is 6.55. The molecule has 0 saturated carbocycles. The van der Waals surface area contributed by atoms with Gasteiger partial charge >= 0.3 is 0 Å². The number of hydrogen-bond acceptors (Lipinski definition) is 2. The number of nitrogens with zero attached hydrogens (tertiary/aromatic N) is 2. The lowest BCUT2D eigenvalue weighted by Gasteiger charge is -2.27. The third-order valence-corrected chi connectivity index (χ3v) is 13.6. The zero-order chi connectivity index (χ0) is 45.7. The standard InChI is InChI=1S/C66H44N2O/c1-2-17-45(18-3-1)47-19-12-21-49(41-47)50-22-14-25-54(43-50)67(55-26-15-24-52(44-55)57-31-16-32-61-60-30-7-11-36-65(60)69-66(57)61)53-39-37-46(38-40-53)48-20-13-23-51(42-48)56-27-4-8-33-62(56)68-63-34-9-5-28-58(63)59-29-6-10-35-64(59)68/h1-44H. The second kappa shape index (κ2) is 16.9. The van der Waals surface area contributed by atoms with Crippen LogP contribution in [0.15, 0.2) is 271 Å². The van der Waals surface area contributed by atoms with E-state index in [4.69, 9.17) is 4.42 Å². The molecule has 0 fully saturated rings. The maximum Gasteiger partial charge on any atom is 0.143 e. The van der Waals surface area contributed by atoms with Gasteiger partial charge in [0.15, 0.2) is 0 Å². The smallest absolute Gasteiger partial charge is 0.143 e. The third-order valence-electron chi connectivity index (χ3n) is 13.6. The molecule has 0 unspecified atom stereocenters. The number of benzene rings is 11. The summed E-state index contributed by atoms with van der Waals surface area (Å²) in [7, 11) is 0. The molecule has 0 spiro atoms. The van der Waals surface area contributed by atoms with E-state index in [1.165, 1.54) is 49.6 Å². The Labute approximate surface area is 401 Å². The van der Waals surface area contributed by atoms with E-state index in [0.717, 1.165) is 72.5 Å². The van der Waals surface area contributed by atoms with Crippen LogP contribution in [0.2, 0.25) is 0 Å². The summed E-state index contributed by atoms with van der Waals surface area (Å²) >= 11 is 0. The lowest BCUT2D eigenvalue weighted by Crippen LogP contribution is -2.10. The van der Waals surface area contributed by atoms with Gasteiger partial charge < -0.3 is 13.9 Å². The number of hydrogen-bond donors (Lipinski definition) is 0. The highest BCUT2D eigenvalue weighted by Crippen LogP contribution is 2.43. The van der Waals surface area contributed by atoms with Crippen molar-refractivity contribution in [3.05, 3.63) is 267 Å². The van der Waals surface area contributed by atoms with E-state index in [1.807, 2.05) is 12.1 Å². The monoisotopic (exact) mass is 880 g/mol. The van der Waals surface area contributed by atoms with E-state index in [-0.39, 0.29) is 0 Å². The summed E-state index contributed by atoms with van der Waals surface area (Å²) in [5.41, 5.74) is 20.0. The van der Waals surface area contributed by atoms with Crippen molar-refractivity contribution in [2.24, 2.45) is 0 Å². The predicted octanol–water partition coefficient (Wildman–Crippen LogP) is 18.5. The van der Waals surface area contributed by atoms with Crippen molar-refractivity contribution >= 4 is 60.8 Å². The molecule has 11 aromatic carbocycles. The van der Waals surface area contributed by atoms with Crippen molar-refractivity contribution in [3.63, 3.8) is 0 Å². The Hall–Kier alpha value is -9.18. The molecule has 0 aliphatic heterocycles. The van der Waals surface area contributed by atoms with Gasteiger partial charge in [0, 0.05) is 49.7 Å². The van der Waals surface area contributed by atoms with E-state index in [1.54, 1.807) is 0 Å². The highest BCUT2D eigenvalue weighted by molar-refractivity contribution is 6.11. The van der Waals surface area contributed by atoms with E-state index in [2.05, 4.69) is 264 Å². The lowest BCUT2D eigenvalue weighted by molar-refractivity contribution is 0.670. The average molecular weight is 881 g/mol. The number of rotatable bonds is 9. The lowest BCUT2D eigenvalue weighted by atomic mass is 9.97. The highest BCUT2D eigenvalue weighted by atomic mass is 16.3. The van der Waals surface area contributed by atoms with Crippen LogP contribution in [-0.2, 0) is 0 Å². The first-order valence-electron chi connectivity index (χ1n) is 23.6. The van der Waals surface area contributed by atoms with Crippen molar-refractivity contribution in [1.82, 2.24) is 4.57 Å². The molecule has 0 atom stereocenters. The van der Waals surface area contributed by atoms with Gasteiger partial charge in [0.1, 0.15) is 11.2 Å². The first-order valence-corrected chi connectivity index (χ1v) is 23.6. The summed E-state index contributed by atoms with van der Waals surface area (Å²) in [6.07, 6.45) is 0. The van der Waals surface area contributed by atoms with Gasteiger partial charge in [0.25, 0.3) is 0 Å². The fourth-order valence-corrected chi connectivity index (χ4v) is 10.3. The number of aromatic nitrogens is 1. The van der Waals surface area contributed by atoms with Gasteiger partial charge in [-0.3, -0.25) is 0 Å². The summed E-state index contributed by atoms with van der Waals surface area (Å²) in [5.74, 6) is 0. The molecular weight excluding hydrogens is 837 g/mol. The molecule has 13 rings (SSSR count). The molecule has 0 aliphatic rings. The van der Waals surface area contributed by atoms with Crippen LogP contribution < -0.4 is 4.90 Å². The molecule has 0 bridgehead atoms. The van der Waals surface area contributed by atoms with Crippen LogP contribution in [0.4, 0.5) is 17.1 Å². The van der Waals surface area contributed by atoms with Gasteiger partial charge in [-0.25, -0.2) is 0 Å². The van der Waals surface area contributed by atoms with E-state index >= 15 is 0 Å². The zero-order valence-corrected chi connectivity index (χ0v) is 37.7. The SMILES string of the molecule is c1ccc(-c2cccc(-c3cccc(N(c4ccc(-c5cccc(-c6ccccc6-n6c7ccccc7c7ccccc76)c5)cc4)c4cccc(-c5cccc6c5oc5ccccc56)c4)c3)c2)cc1. The second-order valence-corrected chi connectivity index (χ2v) is 17.7. The topological polar surface area (TPSA) is 21.3 Å².